The van der Waals surface area contributed by atoms with Gasteiger partial charge in [0.05, 0.1) is 10.2 Å². The number of rotatable bonds is 7. The van der Waals surface area contributed by atoms with Crippen molar-refractivity contribution in [3.05, 3.63) is 59.2 Å². The minimum Gasteiger partial charge on any atom is -0.345 e. The Balaban J connectivity index is 1.65. The van der Waals surface area contributed by atoms with Gasteiger partial charge in [-0.25, -0.2) is 4.98 Å². The van der Waals surface area contributed by atoms with Gasteiger partial charge in [-0.2, -0.15) is 0 Å². The number of fused-ring (bicyclic) bond motifs is 1. The fourth-order valence-corrected chi connectivity index (χ4v) is 4.85. The largest absolute Gasteiger partial charge is 0.345 e. The number of hydrogen-bond donors (Lipinski definition) is 0. The molecule has 1 aromatic carbocycles. The second-order valence-corrected chi connectivity index (χ2v) is 9.05. The maximum atomic E-state index is 6.12. The van der Waals surface area contributed by atoms with Crippen LogP contribution in [0.2, 0.25) is 5.02 Å². The van der Waals surface area contributed by atoms with Crippen LogP contribution >= 0.6 is 34.5 Å². The number of halogens is 2. The number of allylic oxidation sites excluding steroid dienone is 3. The molecular weight excluding hydrogens is 409 g/mol. The summed E-state index contributed by atoms with van der Waals surface area (Å²) in [5.74, 6) is 0.658. The third kappa shape index (κ3) is 5.38. The minimum atomic E-state index is 0.444. The van der Waals surface area contributed by atoms with Crippen molar-refractivity contribution in [3.8, 4) is 0 Å². The van der Waals surface area contributed by atoms with E-state index in [1.807, 2.05) is 24.3 Å². The lowest BCUT2D eigenvalue weighted by Gasteiger charge is -2.40. The molecule has 1 aromatic heterocycles. The van der Waals surface area contributed by atoms with Crippen molar-refractivity contribution in [1.29, 1.82) is 0 Å². The average molecular weight is 436 g/mol. The molecule has 1 aliphatic rings. The molecule has 0 aliphatic carbocycles. The molecule has 6 heteroatoms. The van der Waals surface area contributed by atoms with Crippen LogP contribution in [0.15, 0.2) is 54.2 Å². The quantitative estimate of drug-likeness (QED) is 0.384. The average Bonchev–Trinajstić information content (AvgIpc) is 3.10. The van der Waals surface area contributed by atoms with Crippen molar-refractivity contribution in [1.82, 2.24) is 9.88 Å². The lowest BCUT2D eigenvalue weighted by molar-refractivity contribution is 0.207. The van der Waals surface area contributed by atoms with Crippen LogP contribution in [-0.4, -0.2) is 48.0 Å². The van der Waals surface area contributed by atoms with Gasteiger partial charge < -0.3 is 4.90 Å². The Morgan fingerprint density at radius 2 is 2.21 bits per heavy atom. The molecule has 150 valence electrons. The molecule has 1 atom stereocenters. The van der Waals surface area contributed by atoms with Gasteiger partial charge in [0.1, 0.15) is 0 Å². The zero-order valence-corrected chi connectivity index (χ0v) is 18.8. The topological polar surface area (TPSA) is 19.4 Å². The van der Waals surface area contributed by atoms with E-state index < -0.39 is 0 Å². The standard InChI is InChI=1S/C22H27Cl2N3S/c1-4-18(12-16(2)6-5-9-23)15-26-10-11-27(14-17(26)3)22-25-20-8-7-19(24)13-21(20)28-22/h4,6-8,12-13,17H,1,5,9-11,14-15H2,2-3H3/b16-6-,18-12+. The molecule has 3 nitrogen and oxygen atoms in total. The number of anilines is 1. The molecule has 2 aromatic rings. The second kappa shape index (κ2) is 9.93. The minimum absolute atomic E-state index is 0.444. The number of nitrogens with zero attached hydrogens (tertiary/aromatic N) is 3. The lowest BCUT2D eigenvalue weighted by Crippen LogP contribution is -2.52. The van der Waals surface area contributed by atoms with E-state index in [0.717, 1.165) is 53.0 Å². The molecule has 3 rings (SSSR count). The molecule has 1 saturated heterocycles. The Morgan fingerprint density at radius 3 is 2.93 bits per heavy atom. The van der Waals surface area contributed by atoms with Crippen molar-refractivity contribution in [2.45, 2.75) is 26.3 Å². The first-order valence-electron chi connectivity index (χ1n) is 9.61. The Labute approximate surface area is 181 Å². The van der Waals surface area contributed by atoms with Crippen molar-refractivity contribution in [2.24, 2.45) is 0 Å². The fraction of sp³-hybridized carbons (Fsp3) is 0.409. The Kier molecular flexibility index (Phi) is 7.58. The van der Waals surface area contributed by atoms with Crippen LogP contribution in [-0.2, 0) is 0 Å². The Bertz CT molecular complexity index is 887. The van der Waals surface area contributed by atoms with Crippen LogP contribution in [0.3, 0.4) is 0 Å². The Hall–Kier alpha value is -1.33. The van der Waals surface area contributed by atoms with Gasteiger partial charge in [0, 0.05) is 43.1 Å². The van der Waals surface area contributed by atoms with Crippen molar-refractivity contribution in [3.63, 3.8) is 0 Å². The van der Waals surface area contributed by atoms with E-state index in [4.69, 9.17) is 28.2 Å². The van der Waals surface area contributed by atoms with Crippen LogP contribution in [0.1, 0.15) is 20.3 Å². The van der Waals surface area contributed by atoms with E-state index in [1.54, 1.807) is 11.3 Å². The van der Waals surface area contributed by atoms with Crippen LogP contribution in [0.5, 0.6) is 0 Å². The van der Waals surface area contributed by atoms with Crippen LogP contribution in [0, 0.1) is 0 Å². The highest BCUT2D eigenvalue weighted by molar-refractivity contribution is 7.22. The van der Waals surface area contributed by atoms with Crippen molar-refractivity contribution < 1.29 is 0 Å². The van der Waals surface area contributed by atoms with Gasteiger partial charge in [-0.1, -0.05) is 53.3 Å². The number of piperazine rings is 1. The molecule has 0 bridgehead atoms. The summed E-state index contributed by atoms with van der Waals surface area (Å²) in [4.78, 5) is 9.71. The van der Waals surface area contributed by atoms with Crippen LogP contribution in [0.4, 0.5) is 5.13 Å². The molecule has 0 saturated carbocycles. The summed E-state index contributed by atoms with van der Waals surface area (Å²) in [5, 5.41) is 1.85. The highest BCUT2D eigenvalue weighted by Crippen LogP contribution is 2.32. The van der Waals surface area contributed by atoms with Crippen LogP contribution in [0.25, 0.3) is 10.2 Å². The summed E-state index contributed by atoms with van der Waals surface area (Å²) in [5.41, 5.74) is 3.52. The first kappa shape index (κ1) is 21.4. The molecule has 1 aliphatic heterocycles. The van der Waals surface area contributed by atoms with Gasteiger partial charge in [0.15, 0.2) is 5.13 Å². The molecule has 0 radical (unpaired) electrons. The van der Waals surface area contributed by atoms with Crippen molar-refractivity contribution >= 4 is 49.9 Å². The zero-order chi connectivity index (χ0) is 20.1. The van der Waals surface area contributed by atoms with Gasteiger partial charge in [0.2, 0.25) is 0 Å². The smallest absolute Gasteiger partial charge is 0.186 e. The monoisotopic (exact) mass is 435 g/mol. The molecule has 1 unspecified atom stereocenters. The summed E-state index contributed by atoms with van der Waals surface area (Å²) in [6, 6.07) is 6.35. The molecule has 0 amide bonds. The first-order chi connectivity index (χ1) is 13.5. The number of alkyl halides is 1. The molecule has 0 N–H and O–H groups in total. The Morgan fingerprint density at radius 1 is 1.39 bits per heavy atom. The maximum Gasteiger partial charge on any atom is 0.186 e. The molecule has 0 spiro atoms. The predicted octanol–water partition coefficient (Wildman–Crippen LogP) is 6.15. The second-order valence-electron chi connectivity index (χ2n) is 7.22. The number of benzene rings is 1. The molecule has 28 heavy (non-hydrogen) atoms. The van der Waals surface area contributed by atoms with Crippen LogP contribution < -0.4 is 4.90 Å². The van der Waals surface area contributed by atoms with Gasteiger partial charge in [-0.15, -0.1) is 11.6 Å². The normalized spacial score (nSPS) is 19.4. The molecule has 1 fully saturated rings. The van der Waals surface area contributed by atoms with E-state index in [-0.39, 0.29) is 0 Å². The van der Waals surface area contributed by atoms with Gasteiger partial charge in [-0.3, -0.25) is 4.90 Å². The predicted molar refractivity (Wildman–Crippen MR) is 125 cm³/mol. The van der Waals surface area contributed by atoms with E-state index in [0.29, 0.717) is 11.9 Å². The van der Waals surface area contributed by atoms with Gasteiger partial charge in [0.25, 0.3) is 0 Å². The summed E-state index contributed by atoms with van der Waals surface area (Å²) in [6.07, 6.45) is 7.26. The highest BCUT2D eigenvalue weighted by Gasteiger charge is 2.25. The van der Waals surface area contributed by atoms with E-state index in [9.17, 15) is 0 Å². The van der Waals surface area contributed by atoms with E-state index >= 15 is 0 Å². The number of hydrogen-bond acceptors (Lipinski definition) is 4. The summed E-state index contributed by atoms with van der Waals surface area (Å²) >= 11 is 13.6. The zero-order valence-electron chi connectivity index (χ0n) is 16.5. The molecular formula is C22H27Cl2N3S. The summed E-state index contributed by atoms with van der Waals surface area (Å²) in [6.45, 7) is 12.3. The van der Waals surface area contributed by atoms with Crippen molar-refractivity contribution in [2.75, 3.05) is 37.0 Å². The summed E-state index contributed by atoms with van der Waals surface area (Å²) in [7, 11) is 0. The number of aromatic nitrogens is 1. The third-order valence-corrected chi connectivity index (χ3v) is 6.54. The summed E-state index contributed by atoms with van der Waals surface area (Å²) < 4.78 is 1.15. The van der Waals surface area contributed by atoms with E-state index in [2.05, 4.69) is 42.4 Å². The van der Waals surface area contributed by atoms with E-state index in [1.165, 1.54) is 11.1 Å². The maximum absolute atomic E-state index is 6.12. The fourth-order valence-electron chi connectivity index (χ4n) is 3.46. The lowest BCUT2D eigenvalue weighted by atomic mass is 10.1. The highest BCUT2D eigenvalue weighted by atomic mass is 35.5. The van der Waals surface area contributed by atoms with Gasteiger partial charge in [-0.05, 0) is 44.0 Å². The molecule has 2 heterocycles. The first-order valence-corrected chi connectivity index (χ1v) is 11.3. The third-order valence-electron chi connectivity index (χ3n) is 5.01. The van der Waals surface area contributed by atoms with Gasteiger partial charge >= 0.3 is 0 Å². The number of thiazole rings is 1. The SMILES string of the molecule is C=C/C(=C\C(C)=C/CCCl)CN1CCN(c2nc3ccc(Cl)cc3s2)CC1C.